The molecule has 0 aliphatic carbocycles. The maximum atomic E-state index is 14.4. The van der Waals surface area contributed by atoms with E-state index in [-0.39, 0.29) is 4.90 Å². The van der Waals surface area contributed by atoms with E-state index in [0.29, 0.717) is 21.9 Å². The Labute approximate surface area is 226 Å². The summed E-state index contributed by atoms with van der Waals surface area (Å²) in [5, 5.41) is 4.32. The average Bonchev–Trinajstić information content (AvgIpc) is 3.34. The van der Waals surface area contributed by atoms with Crippen molar-refractivity contribution in [1.29, 1.82) is 0 Å². The first kappa shape index (κ1) is 25.2. The lowest BCUT2D eigenvalue weighted by molar-refractivity contribution is -0.154. The molecule has 39 heavy (non-hydrogen) atoms. The number of hydrogen-bond donors (Lipinski definition) is 1. The third-order valence-corrected chi connectivity index (χ3v) is 8.42. The molecule has 1 aliphatic rings. The van der Waals surface area contributed by atoms with Gasteiger partial charge in [0, 0.05) is 10.8 Å². The zero-order valence-corrected chi connectivity index (χ0v) is 21.9. The van der Waals surface area contributed by atoms with Gasteiger partial charge >= 0.3 is 5.97 Å². The summed E-state index contributed by atoms with van der Waals surface area (Å²) in [6.07, 6.45) is -1.97. The minimum absolute atomic E-state index is 0.163. The highest BCUT2D eigenvalue weighted by atomic mass is 32.2. The van der Waals surface area contributed by atoms with Gasteiger partial charge in [-0.05, 0) is 28.0 Å². The van der Waals surface area contributed by atoms with Crippen molar-refractivity contribution in [2.24, 2.45) is 0 Å². The maximum Gasteiger partial charge on any atom is 0.337 e. The fourth-order valence-corrected chi connectivity index (χ4v) is 6.79. The molecule has 0 saturated carbocycles. The minimum atomic E-state index is -4.19. The van der Waals surface area contributed by atoms with Crippen molar-refractivity contribution in [1.82, 2.24) is 9.84 Å². The molecule has 0 amide bonds. The number of rotatable bonds is 6. The molecule has 6 rings (SSSR count). The number of nitrogens with one attached hydrogen (secondary N) is 1. The number of carbonyl (C=O) groups excluding carboxylic acids is 1. The Hall–Kier alpha value is -4.08. The predicted molar refractivity (Wildman–Crippen MR) is 149 cm³/mol. The lowest BCUT2D eigenvalue weighted by Crippen LogP contribution is -2.45. The van der Waals surface area contributed by atoms with Gasteiger partial charge in [0.15, 0.2) is 12.3 Å². The van der Waals surface area contributed by atoms with Crippen LogP contribution in [0, 0.1) is 0 Å². The fourth-order valence-electron chi connectivity index (χ4n) is 5.26. The van der Waals surface area contributed by atoms with E-state index in [1.807, 2.05) is 103 Å². The van der Waals surface area contributed by atoms with E-state index in [1.165, 1.54) is 12.1 Å². The van der Waals surface area contributed by atoms with E-state index in [4.69, 9.17) is 9.47 Å². The zero-order chi connectivity index (χ0) is 27.0. The lowest BCUT2D eigenvalue weighted by atomic mass is 10.0. The summed E-state index contributed by atoms with van der Waals surface area (Å²) in [6, 6.07) is 34.4. The number of sulfonamides is 1. The largest absolute Gasteiger partial charge is 0.467 e. The normalized spacial score (nSPS) is 19.9. The number of hydrazine groups is 1. The van der Waals surface area contributed by atoms with E-state index in [1.54, 1.807) is 12.1 Å². The van der Waals surface area contributed by atoms with Gasteiger partial charge in [-0.2, -0.15) is 5.01 Å². The molecule has 1 N–H and O–H groups in total. The second kappa shape index (κ2) is 10.2. The smallest absolute Gasteiger partial charge is 0.337 e. The zero-order valence-electron chi connectivity index (χ0n) is 21.1. The molecule has 1 fully saturated rings. The molecule has 0 radical (unpaired) electrons. The van der Waals surface area contributed by atoms with Crippen LogP contribution in [0.4, 0.5) is 0 Å². The SMILES string of the molecule is COC(=O)C1O[C@H](c2ccccc2)N(NS(=O)(=O)c2c3ccccc3cc3ccccc23)C1c1ccccc1. The number of nitrogens with zero attached hydrogens (tertiary/aromatic N) is 1. The van der Waals surface area contributed by atoms with Gasteiger partial charge < -0.3 is 9.47 Å². The van der Waals surface area contributed by atoms with Crippen LogP contribution in [0.3, 0.4) is 0 Å². The van der Waals surface area contributed by atoms with E-state index in [0.717, 1.165) is 10.8 Å². The Bertz CT molecular complexity index is 1710. The molecule has 1 aliphatic heterocycles. The summed E-state index contributed by atoms with van der Waals surface area (Å²) in [4.78, 5) is 16.0. The molecule has 196 valence electrons. The van der Waals surface area contributed by atoms with Gasteiger partial charge in [-0.25, -0.2) is 13.2 Å². The number of ether oxygens (including phenoxy) is 2. The Morgan fingerprint density at radius 1 is 0.769 bits per heavy atom. The van der Waals surface area contributed by atoms with Gasteiger partial charge in [0.2, 0.25) is 0 Å². The molecule has 0 bridgehead atoms. The van der Waals surface area contributed by atoms with Crippen LogP contribution in [-0.2, 0) is 24.3 Å². The highest BCUT2D eigenvalue weighted by molar-refractivity contribution is 7.90. The molecule has 5 aromatic carbocycles. The molecule has 1 heterocycles. The molecule has 8 heteroatoms. The summed E-state index contributed by atoms with van der Waals surface area (Å²) in [5.41, 5.74) is 1.40. The summed E-state index contributed by atoms with van der Waals surface area (Å²) >= 11 is 0. The third kappa shape index (κ3) is 4.57. The van der Waals surface area contributed by atoms with Gasteiger partial charge in [0.05, 0.1) is 18.0 Å². The van der Waals surface area contributed by atoms with Crippen LogP contribution < -0.4 is 4.83 Å². The average molecular weight is 539 g/mol. The number of carbonyl (C=O) groups is 1. The van der Waals surface area contributed by atoms with Crippen molar-refractivity contribution in [3.63, 3.8) is 0 Å². The Balaban J connectivity index is 1.54. The topological polar surface area (TPSA) is 84.9 Å². The predicted octanol–water partition coefficient (Wildman–Crippen LogP) is 5.50. The highest BCUT2D eigenvalue weighted by Crippen LogP contribution is 2.43. The van der Waals surface area contributed by atoms with Crippen molar-refractivity contribution in [2.45, 2.75) is 23.3 Å². The van der Waals surface area contributed by atoms with Crippen LogP contribution >= 0.6 is 0 Å². The Kier molecular flexibility index (Phi) is 6.62. The van der Waals surface area contributed by atoms with Crippen LogP contribution in [0.25, 0.3) is 21.5 Å². The van der Waals surface area contributed by atoms with Crippen LogP contribution in [-0.4, -0.2) is 32.6 Å². The molecule has 0 aromatic heterocycles. The van der Waals surface area contributed by atoms with Crippen molar-refractivity contribution in [3.8, 4) is 0 Å². The molecule has 3 atom stereocenters. The quantitative estimate of drug-likeness (QED) is 0.227. The standard InChI is InChI=1S/C31H26N2O5S/c1-37-31(34)28-27(21-12-4-2-5-13-21)33(30(38-28)22-14-6-3-7-15-22)32-39(35,36)29-25-18-10-8-16-23(25)20-24-17-9-11-19-26(24)29/h2-20,27-28,30,32H,1H3/t27?,28?,30-/m1/s1. The minimum Gasteiger partial charge on any atom is -0.467 e. The van der Waals surface area contributed by atoms with Gasteiger partial charge in [-0.1, -0.05) is 109 Å². The number of methoxy groups -OCH3 is 1. The van der Waals surface area contributed by atoms with Crippen molar-refractivity contribution in [2.75, 3.05) is 7.11 Å². The molecule has 2 unspecified atom stereocenters. The third-order valence-electron chi connectivity index (χ3n) is 6.99. The van der Waals surface area contributed by atoms with Gasteiger partial charge in [0.25, 0.3) is 10.0 Å². The van der Waals surface area contributed by atoms with E-state index in [9.17, 15) is 13.2 Å². The van der Waals surface area contributed by atoms with E-state index in [2.05, 4.69) is 4.83 Å². The van der Waals surface area contributed by atoms with Crippen LogP contribution in [0.15, 0.2) is 120 Å². The molecule has 1 saturated heterocycles. The monoisotopic (exact) mass is 538 g/mol. The molecule has 0 spiro atoms. The number of esters is 1. The Morgan fingerprint density at radius 3 is 1.85 bits per heavy atom. The summed E-state index contributed by atoms with van der Waals surface area (Å²) in [5.74, 6) is -0.595. The molecular formula is C31H26N2O5S. The summed E-state index contributed by atoms with van der Waals surface area (Å²) in [6.45, 7) is 0. The first-order valence-corrected chi connectivity index (χ1v) is 14.0. The number of benzene rings is 5. The lowest BCUT2D eigenvalue weighted by Gasteiger charge is -2.29. The van der Waals surface area contributed by atoms with E-state index >= 15 is 0 Å². The number of fused-ring (bicyclic) bond motifs is 2. The van der Waals surface area contributed by atoms with Crippen molar-refractivity contribution in [3.05, 3.63) is 126 Å². The fraction of sp³-hybridized carbons (Fsp3) is 0.129. The van der Waals surface area contributed by atoms with Crippen molar-refractivity contribution < 1.29 is 22.7 Å². The second-order valence-electron chi connectivity index (χ2n) is 9.35. The first-order valence-electron chi connectivity index (χ1n) is 12.5. The maximum absolute atomic E-state index is 14.4. The molecule has 5 aromatic rings. The van der Waals surface area contributed by atoms with Gasteiger partial charge in [-0.15, -0.1) is 4.83 Å². The number of hydrogen-bond acceptors (Lipinski definition) is 6. The van der Waals surface area contributed by atoms with Crippen LogP contribution in [0.1, 0.15) is 23.4 Å². The molecule has 7 nitrogen and oxygen atoms in total. The van der Waals surface area contributed by atoms with Gasteiger partial charge in [-0.3, -0.25) is 0 Å². The summed E-state index contributed by atoms with van der Waals surface area (Å²) < 4.78 is 40.1. The van der Waals surface area contributed by atoms with Gasteiger partial charge in [0.1, 0.15) is 0 Å². The van der Waals surface area contributed by atoms with Crippen LogP contribution in [0.2, 0.25) is 0 Å². The van der Waals surface area contributed by atoms with Crippen LogP contribution in [0.5, 0.6) is 0 Å². The molecular weight excluding hydrogens is 512 g/mol. The Morgan fingerprint density at radius 2 is 1.28 bits per heavy atom. The van der Waals surface area contributed by atoms with E-state index < -0.39 is 34.4 Å². The first-order chi connectivity index (χ1) is 19.0. The van der Waals surface area contributed by atoms with Crippen molar-refractivity contribution >= 4 is 37.5 Å². The second-order valence-corrected chi connectivity index (χ2v) is 10.9. The highest BCUT2D eigenvalue weighted by Gasteiger charge is 2.49. The summed E-state index contributed by atoms with van der Waals surface area (Å²) in [7, 11) is -2.90.